The fourth-order valence-electron chi connectivity index (χ4n) is 4.61. The number of furan rings is 1. The summed E-state index contributed by atoms with van der Waals surface area (Å²) < 4.78 is 86.1. The molecule has 5 aromatic rings. The Morgan fingerprint density at radius 1 is 1.02 bits per heavy atom. The lowest BCUT2D eigenvalue weighted by Crippen LogP contribution is -2.30. The van der Waals surface area contributed by atoms with Crippen molar-refractivity contribution in [1.82, 2.24) is 15.1 Å². The predicted octanol–water partition coefficient (Wildman–Crippen LogP) is 5.23. The second-order valence-electron chi connectivity index (χ2n) is 9.93. The fourth-order valence-corrected chi connectivity index (χ4v) is 5.12. The summed E-state index contributed by atoms with van der Waals surface area (Å²) in [5, 5.41) is 24.1. The van der Waals surface area contributed by atoms with Gasteiger partial charge in [-0.2, -0.15) is 23.0 Å². The van der Waals surface area contributed by atoms with Gasteiger partial charge in [0, 0.05) is 42.2 Å². The third-order valence-corrected chi connectivity index (χ3v) is 8.20. The summed E-state index contributed by atoms with van der Waals surface area (Å²) in [4.78, 5) is 13.1. The monoisotopic (exact) mass is 640 g/mol. The summed E-state index contributed by atoms with van der Waals surface area (Å²) >= 11 is 0. The van der Waals surface area contributed by atoms with E-state index in [1.54, 1.807) is 0 Å². The second kappa shape index (κ2) is 11.3. The van der Waals surface area contributed by atoms with Crippen LogP contribution < -0.4 is 15.1 Å². The zero-order valence-corrected chi connectivity index (χ0v) is 24.6. The molecule has 3 N–H and O–H groups in total. The van der Waals surface area contributed by atoms with Crippen LogP contribution in [0.1, 0.15) is 21.5 Å². The molecule has 0 aliphatic rings. The van der Waals surface area contributed by atoms with Crippen LogP contribution in [0.4, 0.5) is 23.2 Å². The number of hydrogen-bond acceptors (Lipinski definition) is 7. The molecular formula is C30H24F4N6O4S. The standard InChI is InChI=1S/C30H24F4N6O4S/c1-37-29(41)26-21-14-20(22-12-13-25(35)40(38-22)28(36)17-4-8-18(9-5-17)30(32,33)34)23(39(2)45(3,42)43)15-24(21)44-27(26)16-6-10-19(31)11-7-16/h4-15,35-36H,1-3H3,(H,37,41). The number of hydrogen-bond donors (Lipinski definition) is 3. The summed E-state index contributed by atoms with van der Waals surface area (Å²) in [6.45, 7) is 0. The molecule has 0 saturated carbocycles. The highest BCUT2D eigenvalue weighted by Gasteiger charge is 2.30. The molecule has 10 nitrogen and oxygen atoms in total. The molecule has 45 heavy (non-hydrogen) atoms. The van der Waals surface area contributed by atoms with Crippen molar-refractivity contribution in [1.29, 1.82) is 10.8 Å². The average molecular weight is 641 g/mol. The van der Waals surface area contributed by atoms with Crippen molar-refractivity contribution in [2.45, 2.75) is 6.18 Å². The smallest absolute Gasteiger partial charge is 0.416 e. The number of fused-ring (bicyclic) bond motifs is 1. The topological polar surface area (TPSA) is 145 Å². The third kappa shape index (κ3) is 5.93. The van der Waals surface area contributed by atoms with E-state index in [9.17, 15) is 30.8 Å². The van der Waals surface area contributed by atoms with Gasteiger partial charge in [0.15, 0.2) is 5.84 Å². The fraction of sp³-hybridized carbons (Fsp3) is 0.133. The molecule has 0 atom stereocenters. The van der Waals surface area contributed by atoms with Crippen LogP contribution in [0.3, 0.4) is 0 Å². The van der Waals surface area contributed by atoms with Crippen LogP contribution in [0.5, 0.6) is 0 Å². The lowest BCUT2D eigenvalue weighted by molar-refractivity contribution is -0.137. The number of aromatic nitrogens is 2. The van der Waals surface area contributed by atoms with Crippen molar-refractivity contribution in [2.75, 3.05) is 24.7 Å². The summed E-state index contributed by atoms with van der Waals surface area (Å²) in [7, 11) is -1.16. The van der Waals surface area contributed by atoms with Gasteiger partial charge in [0.05, 0.1) is 28.8 Å². The quantitative estimate of drug-likeness (QED) is 0.132. The first kappa shape index (κ1) is 31.1. The van der Waals surface area contributed by atoms with Gasteiger partial charge >= 0.3 is 6.18 Å². The molecule has 0 aliphatic heterocycles. The van der Waals surface area contributed by atoms with E-state index in [0.29, 0.717) is 5.56 Å². The molecule has 2 aromatic heterocycles. The van der Waals surface area contributed by atoms with Gasteiger partial charge in [0.2, 0.25) is 10.0 Å². The molecular weight excluding hydrogens is 616 g/mol. The van der Waals surface area contributed by atoms with Crippen LogP contribution in [0.25, 0.3) is 33.6 Å². The zero-order valence-electron chi connectivity index (χ0n) is 23.8. The summed E-state index contributed by atoms with van der Waals surface area (Å²) in [5.74, 6) is -1.36. The third-order valence-electron chi connectivity index (χ3n) is 7.01. The molecule has 232 valence electrons. The lowest BCUT2D eigenvalue weighted by Gasteiger charge is -2.20. The molecule has 1 amide bonds. The number of halogens is 4. The number of benzene rings is 3. The highest BCUT2D eigenvalue weighted by atomic mass is 32.2. The van der Waals surface area contributed by atoms with Gasteiger partial charge in [-0.3, -0.25) is 19.9 Å². The molecule has 0 spiro atoms. The first-order chi connectivity index (χ1) is 21.1. The predicted molar refractivity (Wildman–Crippen MR) is 159 cm³/mol. The number of nitrogens with one attached hydrogen (secondary N) is 3. The minimum Gasteiger partial charge on any atom is -0.455 e. The molecule has 2 heterocycles. The number of amides is 1. The minimum absolute atomic E-state index is 0.0377. The van der Waals surface area contributed by atoms with Crippen molar-refractivity contribution >= 4 is 38.4 Å². The van der Waals surface area contributed by atoms with Crippen molar-refractivity contribution < 1.29 is 35.2 Å². The van der Waals surface area contributed by atoms with E-state index >= 15 is 0 Å². The maximum atomic E-state index is 13.7. The molecule has 5 rings (SSSR count). The summed E-state index contributed by atoms with van der Waals surface area (Å²) in [5.41, 5.74) is -0.252. The Morgan fingerprint density at radius 3 is 2.24 bits per heavy atom. The number of nitrogens with zero attached hydrogens (tertiary/aromatic N) is 3. The molecule has 0 aliphatic carbocycles. The maximum Gasteiger partial charge on any atom is 0.416 e. The second-order valence-corrected chi connectivity index (χ2v) is 11.9. The number of rotatable bonds is 6. The van der Waals surface area contributed by atoms with Crippen LogP contribution in [0.15, 0.2) is 77.2 Å². The van der Waals surface area contributed by atoms with Crippen LogP contribution in [0.2, 0.25) is 0 Å². The van der Waals surface area contributed by atoms with E-state index < -0.39 is 39.3 Å². The van der Waals surface area contributed by atoms with Crippen LogP contribution in [0, 0.1) is 16.6 Å². The lowest BCUT2D eigenvalue weighted by atomic mass is 10.0. The van der Waals surface area contributed by atoms with E-state index in [-0.39, 0.29) is 50.3 Å². The summed E-state index contributed by atoms with van der Waals surface area (Å²) in [6, 6.07) is 14.6. The highest BCUT2D eigenvalue weighted by molar-refractivity contribution is 7.92. The molecule has 3 aromatic carbocycles. The Labute approximate surface area is 253 Å². The Balaban J connectivity index is 1.74. The van der Waals surface area contributed by atoms with Gasteiger partial charge in [-0.25, -0.2) is 12.8 Å². The van der Waals surface area contributed by atoms with E-state index in [0.717, 1.165) is 39.5 Å². The Hall–Kier alpha value is -5.31. The van der Waals surface area contributed by atoms with Crippen molar-refractivity contribution in [3.05, 3.63) is 101 Å². The summed E-state index contributed by atoms with van der Waals surface area (Å²) in [6.07, 6.45) is -3.60. The van der Waals surface area contributed by atoms with Crippen molar-refractivity contribution in [3.8, 4) is 22.6 Å². The van der Waals surface area contributed by atoms with Gasteiger partial charge in [-0.15, -0.1) is 0 Å². The molecule has 15 heteroatoms. The first-order valence-electron chi connectivity index (χ1n) is 13.0. The van der Waals surface area contributed by atoms with Crippen molar-refractivity contribution in [3.63, 3.8) is 0 Å². The van der Waals surface area contributed by atoms with Gasteiger partial charge < -0.3 is 9.73 Å². The largest absolute Gasteiger partial charge is 0.455 e. The van der Waals surface area contributed by atoms with Crippen LogP contribution in [-0.2, 0) is 16.2 Å². The number of alkyl halides is 3. The molecule has 0 unspecified atom stereocenters. The average Bonchev–Trinajstić information content (AvgIpc) is 3.37. The number of anilines is 1. The molecule has 0 saturated heterocycles. The Morgan fingerprint density at radius 2 is 1.67 bits per heavy atom. The van der Waals surface area contributed by atoms with E-state index in [4.69, 9.17) is 15.2 Å². The van der Waals surface area contributed by atoms with E-state index in [1.807, 2.05) is 0 Å². The van der Waals surface area contributed by atoms with Gasteiger partial charge in [-0.05, 0) is 54.6 Å². The maximum absolute atomic E-state index is 13.7. The normalized spacial score (nSPS) is 11.9. The number of sulfonamides is 1. The van der Waals surface area contributed by atoms with E-state index in [2.05, 4.69) is 10.4 Å². The van der Waals surface area contributed by atoms with Crippen molar-refractivity contribution in [2.24, 2.45) is 0 Å². The van der Waals surface area contributed by atoms with Gasteiger partial charge in [0.1, 0.15) is 22.6 Å². The van der Waals surface area contributed by atoms with Gasteiger partial charge in [-0.1, -0.05) is 12.1 Å². The Bertz CT molecular complexity index is 2140. The zero-order chi connectivity index (χ0) is 32.8. The van der Waals surface area contributed by atoms with Crippen LogP contribution >= 0.6 is 0 Å². The van der Waals surface area contributed by atoms with Gasteiger partial charge in [0.25, 0.3) is 5.91 Å². The van der Waals surface area contributed by atoms with Crippen LogP contribution in [-0.4, -0.2) is 50.3 Å². The van der Waals surface area contributed by atoms with E-state index in [1.165, 1.54) is 62.6 Å². The Kier molecular flexibility index (Phi) is 7.83. The minimum atomic E-state index is -4.58. The number of carbonyl (C=O) groups is 1. The molecule has 0 fully saturated rings. The number of carbonyl (C=O) groups excluding carboxylic acids is 1. The SMILES string of the molecule is CNC(=O)c1c(-c2ccc(F)cc2)oc2cc(N(C)S(C)(=O)=O)c(-c3ccc(=N)n(C(=N)c4ccc(C(F)(F)F)cc4)n3)cc12. The first-order valence-corrected chi connectivity index (χ1v) is 14.9. The molecule has 0 bridgehead atoms. The highest BCUT2D eigenvalue weighted by Crippen LogP contribution is 2.40. The molecule has 0 radical (unpaired) electrons.